The predicted octanol–water partition coefficient (Wildman–Crippen LogP) is 4.89. The molecule has 4 heteroatoms. The fraction of sp³-hybridized carbons (Fsp3) is 0. The first-order valence-electron chi connectivity index (χ1n) is 8.04. The summed E-state index contributed by atoms with van der Waals surface area (Å²) in [6.07, 6.45) is 1.78. The second-order valence-electron chi connectivity index (χ2n) is 5.56. The van der Waals surface area contributed by atoms with Crippen molar-refractivity contribution in [3.05, 3.63) is 91.1 Å². The summed E-state index contributed by atoms with van der Waals surface area (Å²) in [6.45, 7) is 0. The maximum absolute atomic E-state index is 5.97. The standard InChI is InChI=1S/C12H10O.C9H7NO.In/c13-12-8-4-7-11(9-12)10-5-2-1-3-6-10;11-8-5-1-3-7-4-2-6-10-9(7)8;/h1-9,13H;1-6,11H;/q;;+2/p-2. The third-order valence-corrected chi connectivity index (χ3v) is 5.95. The number of para-hydroxylation sites is 1. The summed E-state index contributed by atoms with van der Waals surface area (Å²) in [5.74, 6) is 1.66. The number of fused-ring (bicyclic) bond motifs is 1. The van der Waals surface area contributed by atoms with Gasteiger partial charge < -0.3 is 0 Å². The molecule has 119 valence electrons. The first kappa shape index (κ1) is 16.0. The van der Waals surface area contributed by atoms with Crippen LogP contribution in [-0.4, -0.2) is 28.8 Å². The number of benzene rings is 3. The van der Waals surface area contributed by atoms with Crippen LogP contribution in [0.1, 0.15) is 0 Å². The van der Waals surface area contributed by atoms with Gasteiger partial charge in [0.15, 0.2) is 0 Å². The van der Waals surface area contributed by atoms with Crippen molar-refractivity contribution >= 4 is 34.7 Å². The number of aromatic nitrogens is 1. The number of rotatable bonds is 5. The van der Waals surface area contributed by atoms with E-state index in [1.807, 2.05) is 60.7 Å². The zero-order valence-electron chi connectivity index (χ0n) is 13.5. The van der Waals surface area contributed by atoms with Crippen LogP contribution in [0.5, 0.6) is 11.5 Å². The molecule has 25 heavy (non-hydrogen) atoms. The first-order chi connectivity index (χ1) is 12.4. The molecule has 0 atom stereocenters. The van der Waals surface area contributed by atoms with Crippen LogP contribution in [0.15, 0.2) is 91.1 Å². The summed E-state index contributed by atoms with van der Waals surface area (Å²) >= 11 is -1.70. The first-order valence-corrected chi connectivity index (χ1v) is 10.7. The Hall–Kier alpha value is -2.46. The van der Waals surface area contributed by atoms with Crippen molar-refractivity contribution < 1.29 is 5.71 Å². The molecule has 0 spiro atoms. The summed E-state index contributed by atoms with van der Waals surface area (Å²) in [6, 6.07) is 28.4. The van der Waals surface area contributed by atoms with E-state index in [0.29, 0.717) is 0 Å². The van der Waals surface area contributed by atoms with Crippen LogP contribution in [0, 0.1) is 0 Å². The van der Waals surface area contributed by atoms with Gasteiger partial charge in [0.1, 0.15) is 0 Å². The Balaban J connectivity index is 1.47. The molecule has 0 aliphatic rings. The van der Waals surface area contributed by atoms with E-state index in [-0.39, 0.29) is 0 Å². The average molecular weight is 428 g/mol. The van der Waals surface area contributed by atoms with Crippen LogP contribution in [0.2, 0.25) is 0 Å². The Labute approximate surface area is 158 Å². The topological polar surface area (TPSA) is 31.4 Å². The van der Waals surface area contributed by atoms with Crippen LogP contribution in [0.4, 0.5) is 0 Å². The molecular formula is C21H15InNO2. The number of pyridine rings is 1. The van der Waals surface area contributed by atoms with Crippen LogP contribution < -0.4 is 5.71 Å². The van der Waals surface area contributed by atoms with Crippen molar-refractivity contribution in [2.75, 3.05) is 0 Å². The second kappa shape index (κ2) is 7.62. The van der Waals surface area contributed by atoms with Gasteiger partial charge in [-0.25, -0.2) is 0 Å². The van der Waals surface area contributed by atoms with Gasteiger partial charge in [-0.15, -0.1) is 0 Å². The SMILES string of the molecule is c1ccc(-c2cccc([O][In][O]c3cccc4cccnc34)c2)cc1. The molecule has 0 aliphatic heterocycles. The number of hydrogen-bond donors (Lipinski definition) is 0. The Bertz CT molecular complexity index is 984. The van der Waals surface area contributed by atoms with Gasteiger partial charge in [0.05, 0.1) is 0 Å². The molecular weight excluding hydrogens is 413 g/mol. The van der Waals surface area contributed by atoms with Crippen molar-refractivity contribution in [3.63, 3.8) is 0 Å². The normalized spacial score (nSPS) is 10.4. The molecule has 0 bridgehead atoms. The molecule has 1 aromatic heterocycles. The van der Waals surface area contributed by atoms with Crippen LogP contribution in [0.25, 0.3) is 22.0 Å². The Morgan fingerprint density at radius 3 is 2.40 bits per heavy atom. The minimum atomic E-state index is -1.70. The molecule has 4 rings (SSSR count). The van der Waals surface area contributed by atoms with Gasteiger partial charge in [-0.1, -0.05) is 0 Å². The summed E-state index contributed by atoms with van der Waals surface area (Å²) in [4.78, 5) is 4.41. The molecule has 1 heterocycles. The van der Waals surface area contributed by atoms with Crippen molar-refractivity contribution in [2.24, 2.45) is 0 Å². The molecule has 0 unspecified atom stereocenters. The second-order valence-corrected chi connectivity index (χ2v) is 7.45. The van der Waals surface area contributed by atoms with E-state index in [2.05, 4.69) is 29.2 Å². The molecule has 0 amide bonds. The molecule has 3 nitrogen and oxygen atoms in total. The molecule has 1 radical (unpaired) electrons. The quantitative estimate of drug-likeness (QED) is 0.454. The molecule has 4 aromatic rings. The van der Waals surface area contributed by atoms with Gasteiger partial charge in [0.2, 0.25) is 0 Å². The van der Waals surface area contributed by atoms with Crippen LogP contribution >= 0.6 is 0 Å². The average Bonchev–Trinajstić information content (AvgIpc) is 2.69. The Kier molecular flexibility index (Phi) is 4.89. The zero-order chi connectivity index (χ0) is 16.9. The van der Waals surface area contributed by atoms with Gasteiger partial charge in [0.25, 0.3) is 0 Å². The number of hydrogen-bond acceptors (Lipinski definition) is 3. The van der Waals surface area contributed by atoms with Crippen molar-refractivity contribution in [3.8, 4) is 22.6 Å². The predicted molar refractivity (Wildman–Crippen MR) is 101 cm³/mol. The molecule has 3 aromatic carbocycles. The Morgan fingerprint density at radius 1 is 0.680 bits per heavy atom. The van der Waals surface area contributed by atoms with Crippen molar-refractivity contribution in [2.45, 2.75) is 0 Å². The molecule has 0 aliphatic carbocycles. The van der Waals surface area contributed by atoms with Gasteiger partial charge in [0, 0.05) is 0 Å². The minimum absolute atomic E-state index is 0.804. The van der Waals surface area contributed by atoms with E-state index in [0.717, 1.165) is 28.0 Å². The van der Waals surface area contributed by atoms with Crippen molar-refractivity contribution in [1.29, 1.82) is 0 Å². The third-order valence-electron chi connectivity index (χ3n) is 3.90. The van der Waals surface area contributed by atoms with E-state index < -0.39 is 23.8 Å². The van der Waals surface area contributed by atoms with Gasteiger partial charge in [-0.05, 0) is 0 Å². The van der Waals surface area contributed by atoms with E-state index >= 15 is 0 Å². The fourth-order valence-electron chi connectivity index (χ4n) is 2.68. The van der Waals surface area contributed by atoms with Crippen LogP contribution in [0.3, 0.4) is 0 Å². The summed E-state index contributed by atoms with van der Waals surface area (Å²) in [5.41, 5.74) is 3.21. The Morgan fingerprint density at radius 2 is 1.48 bits per heavy atom. The van der Waals surface area contributed by atoms with Gasteiger partial charge in [-0.3, -0.25) is 0 Å². The molecule has 0 fully saturated rings. The van der Waals surface area contributed by atoms with Crippen LogP contribution in [-0.2, 0) is 0 Å². The van der Waals surface area contributed by atoms with E-state index in [1.165, 1.54) is 5.56 Å². The molecule has 0 saturated carbocycles. The third kappa shape index (κ3) is 3.80. The zero-order valence-corrected chi connectivity index (χ0v) is 16.8. The van der Waals surface area contributed by atoms with Crippen molar-refractivity contribution in [1.82, 2.24) is 4.98 Å². The van der Waals surface area contributed by atoms with E-state index in [4.69, 9.17) is 5.71 Å². The summed E-state index contributed by atoms with van der Waals surface area (Å²) in [7, 11) is 0. The molecule has 0 saturated heterocycles. The maximum atomic E-state index is 5.97. The monoisotopic (exact) mass is 428 g/mol. The molecule has 0 N–H and O–H groups in total. The summed E-state index contributed by atoms with van der Waals surface area (Å²) in [5, 5.41) is 1.08. The number of nitrogens with zero attached hydrogens (tertiary/aromatic N) is 1. The van der Waals surface area contributed by atoms with E-state index in [1.54, 1.807) is 6.20 Å². The fourth-order valence-corrected chi connectivity index (χ4v) is 4.39. The van der Waals surface area contributed by atoms with Gasteiger partial charge in [-0.2, -0.15) is 0 Å². The van der Waals surface area contributed by atoms with Gasteiger partial charge >= 0.3 is 159 Å². The summed E-state index contributed by atoms with van der Waals surface area (Å²) < 4.78 is 11.9. The van der Waals surface area contributed by atoms with E-state index in [9.17, 15) is 0 Å².